The van der Waals surface area contributed by atoms with E-state index >= 15 is 0 Å². The molecule has 0 radical (unpaired) electrons. The van der Waals surface area contributed by atoms with Gasteiger partial charge in [-0.15, -0.1) is 0 Å². The van der Waals surface area contributed by atoms with Crippen LogP contribution in [-0.2, 0) is 16.4 Å². The summed E-state index contributed by atoms with van der Waals surface area (Å²) >= 11 is 0. The van der Waals surface area contributed by atoms with E-state index in [9.17, 15) is 13.2 Å². The van der Waals surface area contributed by atoms with Gasteiger partial charge in [0.25, 0.3) is 5.89 Å². The number of sulfonamides is 1. The minimum Gasteiger partial charge on any atom is -0.489 e. The second-order valence-electron chi connectivity index (χ2n) is 9.26. The zero-order valence-corrected chi connectivity index (χ0v) is 21.5. The van der Waals surface area contributed by atoms with Crippen molar-refractivity contribution in [1.29, 1.82) is 0 Å². The fourth-order valence-corrected chi connectivity index (χ4v) is 5.76. The van der Waals surface area contributed by atoms with Gasteiger partial charge in [-0.25, -0.2) is 17.9 Å². The van der Waals surface area contributed by atoms with Crippen molar-refractivity contribution in [2.24, 2.45) is 0 Å². The molecule has 1 aromatic heterocycles. The maximum Gasteiger partial charge on any atom is 0.335 e. The van der Waals surface area contributed by atoms with Gasteiger partial charge in [0.15, 0.2) is 0 Å². The van der Waals surface area contributed by atoms with Crippen molar-refractivity contribution in [2.75, 3.05) is 5.73 Å². The zero-order chi connectivity index (χ0) is 27.0. The Labute approximate surface area is 219 Å². The zero-order valence-electron chi connectivity index (χ0n) is 20.7. The highest BCUT2D eigenvalue weighted by atomic mass is 32.2. The number of hydrogen-bond acceptors (Lipinski definition) is 8. The van der Waals surface area contributed by atoms with Crippen LogP contribution in [0, 0.1) is 0 Å². The van der Waals surface area contributed by atoms with E-state index in [1.165, 1.54) is 24.3 Å². The highest BCUT2D eigenvalue weighted by molar-refractivity contribution is 7.89. The molecule has 0 saturated carbocycles. The topological polar surface area (TPSA) is 158 Å². The third-order valence-corrected chi connectivity index (χ3v) is 7.75. The van der Waals surface area contributed by atoms with E-state index in [1.807, 2.05) is 32.0 Å². The first-order chi connectivity index (χ1) is 18.1. The van der Waals surface area contributed by atoms with Gasteiger partial charge < -0.3 is 20.1 Å². The molecule has 1 aliphatic rings. The number of rotatable bonds is 8. The van der Waals surface area contributed by atoms with Crippen molar-refractivity contribution < 1.29 is 27.6 Å². The number of anilines is 1. The minimum atomic E-state index is -3.87. The maximum absolute atomic E-state index is 13.0. The molecule has 0 amide bonds. The lowest BCUT2D eigenvalue weighted by Gasteiger charge is -2.15. The molecule has 10 nitrogen and oxygen atoms in total. The van der Waals surface area contributed by atoms with E-state index in [4.69, 9.17) is 20.1 Å². The van der Waals surface area contributed by atoms with Crippen LogP contribution in [0.1, 0.15) is 47.8 Å². The molecule has 11 heteroatoms. The SMILES string of the molecule is CC(C)Oc1ccc(-c2nc(-c3cccc4c3CCC4NS(=O)(=O)c3ccc(C(=O)O)cc3)no2)cc1N. The third-order valence-electron chi connectivity index (χ3n) is 6.27. The normalized spacial score (nSPS) is 15.0. The molecular weight excluding hydrogens is 508 g/mol. The largest absolute Gasteiger partial charge is 0.489 e. The van der Waals surface area contributed by atoms with Crippen LogP contribution in [0.3, 0.4) is 0 Å². The summed E-state index contributed by atoms with van der Waals surface area (Å²) in [4.78, 5) is 15.6. The van der Waals surface area contributed by atoms with Crippen LogP contribution in [0.4, 0.5) is 5.69 Å². The average molecular weight is 535 g/mol. The van der Waals surface area contributed by atoms with Gasteiger partial charge in [-0.1, -0.05) is 23.4 Å². The van der Waals surface area contributed by atoms with Crippen LogP contribution in [0.25, 0.3) is 22.8 Å². The molecule has 1 heterocycles. The van der Waals surface area contributed by atoms with Crippen molar-refractivity contribution in [3.05, 3.63) is 77.4 Å². The lowest BCUT2D eigenvalue weighted by Crippen LogP contribution is -2.27. The van der Waals surface area contributed by atoms with Crippen molar-refractivity contribution in [3.63, 3.8) is 0 Å². The summed E-state index contributed by atoms with van der Waals surface area (Å²) in [7, 11) is -3.87. The molecule has 0 saturated heterocycles. The number of carbonyl (C=O) groups is 1. The number of aromatic nitrogens is 2. The van der Waals surface area contributed by atoms with Crippen LogP contribution in [0.2, 0.25) is 0 Å². The van der Waals surface area contributed by atoms with E-state index in [1.54, 1.807) is 18.2 Å². The molecule has 5 rings (SSSR count). The molecule has 38 heavy (non-hydrogen) atoms. The third kappa shape index (κ3) is 4.98. The predicted octanol–water partition coefficient (Wildman–Crippen LogP) is 4.44. The van der Waals surface area contributed by atoms with Gasteiger partial charge in [-0.3, -0.25) is 0 Å². The number of nitrogens with one attached hydrogen (secondary N) is 1. The second kappa shape index (κ2) is 9.92. The fourth-order valence-electron chi connectivity index (χ4n) is 4.51. The van der Waals surface area contributed by atoms with Crippen LogP contribution >= 0.6 is 0 Å². The molecular formula is C27H26N4O6S. The average Bonchev–Trinajstić information content (AvgIpc) is 3.53. The molecule has 0 bridgehead atoms. The predicted molar refractivity (Wildman–Crippen MR) is 140 cm³/mol. The number of hydrogen-bond donors (Lipinski definition) is 3. The summed E-state index contributed by atoms with van der Waals surface area (Å²) in [6.07, 6.45) is 1.16. The van der Waals surface area contributed by atoms with Gasteiger partial charge in [-0.2, -0.15) is 4.98 Å². The van der Waals surface area contributed by atoms with E-state index in [-0.39, 0.29) is 16.6 Å². The number of carboxylic acids is 1. The highest BCUT2D eigenvalue weighted by Crippen LogP contribution is 2.38. The molecule has 4 N–H and O–H groups in total. The quantitative estimate of drug-likeness (QED) is 0.278. The number of nitrogens with two attached hydrogens (primary N) is 1. The monoisotopic (exact) mass is 534 g/mol. The molecule has 1 aliphatic carbocycles. The molecule has 0 aliphatic heterocycles. The molecule has 4 aromatic rings. The Bertz CT molecular complexity index is 1610. The maximum atomic E-state index is 13.0. The molecule has 0 fully saturated rings. The van der Waals surface area contributed by atoms with Gasteiger partial charge in [0.1, 0.15) is 5.75 Å². The van der Waals surface area contributed by atoms with Gasteiger partial charge in [0, 0.05) is 17.2 Å². The fraction of sp³-hybridized carbons (Fsp3) is 0.222. The summed E-state index contributed by atoms with van der Waals surface area (Å²) in [5.41, 5.74) is 9.80. The number of fused-ring (bicyclic) bond motifs is 1. The van der Waals surface area contributed by atoms with E-state index in [0.29, 0.717) is 41.6 Å². The van der Waals surface area contributed by atoms with Crippen LogP contribution in [-0.4, -0.2) is 35.7 Å². The van der Waals surface area contributed by atoms with Gasteiger partial charge in [0.05, 0.1) is 22.3 Å². The van der Waals surface area contributed by atoms with Crippen LogP contribution < -0.4 is 15.2 Å². The highest BCUT2D eigenvalue weighted by Gasteiger charge is 2.30. The van der Waals surface area contributed by atoms with Crippen molar-refractivity contribution in [1.82, 2.24) is 14.9 Å². The second-order valence-corrected chi connectivity index (χ2v) is 11.0. The number of ether oxygens (including phenoxy) is 1. The Morgan fingerprint density at radius 3 is 2.61 bits per heavy atom. The summed E-state index contributed by atoms with van der Waals surface area (Å²) in [5.74, 6) is 0.159. The van der Waals surface area contributed by atoms with E-state index in [0.717, 1.165) is 16.7 Å². The van der Waals surface area contributed by atoms with Crippen molar-refractivity contribution in [2.45, 2.75) is 43.7 Å². The number of benzene rings is 3. The van der Waals surface area contributed by atoms with Gasteiger partial charge in [0.2, 0.25) is 15.8 Å². The van der Waals surface area contributed by atoms with Crippen molar-refractivity contribution >= 4 is 21.7 Å². The number of nitrogens with zero attached hydrogens (tertiary/aromatic N) is 2. The summed E-state index contributed by atoms with van der Waals surface area (Å²) < 4.78 is 39.9. The summed E-state index contributed by atoms with van der Waals surface area (Å²) in [5, 5.41) is 13.2. The lowest BCUT2D eigenvalue weighted by molar-refractivity contribution is 0.0696. The Morgan fingerprint density at radius 2 is 1.92 bits per heavy atom. The first-order valence-electron chi connectivity index (χ1n) is 12.0. The molecule has 3 aromatic carbocycles. The smallest absolute Gasteiger partial charge is 0.335 e. The molecule has 196 valence electrons. The number of nitrogen functional groups attached to an aromatic ring is 1. The van der Waals surface area contributed by atoms with Gasteiger partial charge in [-0.05, 0) is 80.3 Å². The summed E-state index contributed by atoms with van der Waals surface area (Å²) in [6, 6.07) is 15.5. The lowest BCUT2D eigenvalue weighted by atomic mass is 10.0. The first kappa shape index (κ1) is 25.4. The van der Waals surface area contributed by atoms with Crippen LogP contribution in [0.5, 0.6) is 5.75 Å². The molecule has 1 unspecified atom stereocenters. The Morgan fingerprint density at radius 1 is 1.16 bits per heavy atom. The standard InChI is InChI=1S/C27H26N4O6S/c1-15(2)36-24-13-8-17(14-22(24)28)26-29-25(30-37-26)21-5-3-4-20-19(21)11-12-23(20)31-38(34,35)18-9-6-16(7-10-18)27(32)33/h3-10,13-15,23,31H,11-12,28H2,1-2H3,(H,32,33). The van der Waals surface area contributed by atoms with E-state index < -0.39 is 22.0 Å². The van der Waals surface area contributed by atoms with Crippen molar-refractivity contribution in [3.8, 4) is 28.6 Å². The summed E-state index contributed by atoms with van der Waals surface area (Å²) in [6.45, 7) is 3.84. The van der Waals surface area contributed by atoms with Gasteiger partial charge >= 0.3 is 5.97 Å². The van der Waals surface area contributed by atoms with Crippen LogP contribution in [0.15, 0.2) is 70.1 Å². The minimum absolute atomic E-state index is 0.000926. The van der Waals surface area contributed by atoms with E-state index in [2.05, 4.69) is 14.9 Å². The first-order valence-corrected chi connectivity index (χ1v) is 13.5. The number of carboxylic acid groups (broad SMARTS) is 1. The molecule has 0 spiro atoms. The number of aromatic carboxylic acids is 1. The Hall–Kier alpha value is -4.22. The Kier molecular flexibility index (Phi) is 6.64. The molecule has 1 atom stereocenters. The Balaban J connectivity index is 1.38.